The van der Waals surface area contributed by atoms with Crippen LogP contribution in [0.1, 0.15) is 39.2 Å². The van der Waals surface area contributed by atoms with Gasteiger partial charge in [0.25, 0.3) is 0 Å². The average molecular weight is 277 g/mol. The van der Waals surface area contributed by atoms with Gasteiger partial charge >= 0.3 is 5.97 Å². The molecular weight excluding hydrogens is 250 g/mol. The van der Waals surface area contributed by atoms with Crippen molar-refractivity contribution in [3.8, 4) is 0 Å². The number of hydrogen-bond donors (Lipinski definition) is 0. The summed E-state index contributed by atoms with van der Waals surface area (Å²) in [5.41, 5.74) is 1.03. The molecule has 1 rings (SSSR count). The van der Waals surface area contributed by atoms with Gasteiger partial charge in [-0.05, 0) is 25.5 Å². The van der Waals surface area contributed by atoms with Crippen molar-refractivity contribution in [1.29, 1.82) is 0 Å². The highest BCUT2D eigenvalue weighted by Crippen LogP contribution is 2.11. The first-order valence-corrected chi connectivity index (χ1v) is 7.49. The maximum absolute atomic E-state index is 12.0. The first kappa shape index (κ1) is 16.7. The standard InChI is InChI=1S/C17H27NO2/c1-5-16(6-2)18(4)12-14(3)17(19)20-13-15-10-8-7-9-11-15/h7-11,14,16H,5-6,12-13H2,1-4H3. The Morgan fingerprint density at radius 2 is 1.80 bits per heavy atom. The van der Waals surface area contributed by atoms with Crippen molar-refractivity contribution in [2.45, 2.75) is 46.3 Å². The summed E-state index contributed by atoms with van der Waals surface area (Å²) < 4.78 is 5.37. The fourth-order valence-electron chi connectivity index (χ4n) is 2.44. The molecule has 0 radical (unpaired) electrons. The second-order valence-corrected chi connectivity index (χ2v) is 5.40. The van der Waals surface area contributed by atoms with Crippen LogP contribution in [0.5, 0.6) is 0 Å². The molecule has 0 N–H and O–H groups in total. The van der Waals surface area contributed by atoms with Crippen LogP contribution in [0.4, 0.5) is 0 Å². The van der Waals surface area contributed by atoms with Gasteiger partial charge in [0.2, 0.25) is 0 Å². The number of ether oxygens (including phenoxy) is 1. The van der Waals surface area contributed by atoms with E-state index in [4.69, 9.17) is 4.74 Å². The Balaban J connectivity index is 2.39. The van der Waals surface area contributed by atoms with Crippen LogP contribution >= 0.6 is 0 Å². The Kier molecular flexibility index (Phi) is 7.31. The number of nitrogens with zero attached hydrogens (tertiary/aromatic N) is 1. The van der Waals surface area contributed by atoms with Gasteiger partial charge in [-0.3, -0.25) is 4.79 Å². The number of hydrogen-bond acceptors (Lipinski definition) is 3. The smallest absolute Gasteiger partial charge is 0.310 e. The fourth-order valence-corrected chi connectivity index (χ4v) is 2.44. The third-order valence-corrected chi connectivity index (χ3v) is 3.75. The van der Waals surface area contributed by atoms with Crippen LogP contribution in [0, 0.1) is 5.92 Å². The van der Waals surface area contributed by atoms with Gasteiger partial charge < -0.3 is 9.64 Å². The molecule has 0 amide bonds. The van der Waals surface area contributed by atoms with E-state index < -0.39 is 0 Å². The van der Waals surface area contributed by atoms with Crippen LogP contribution in [-0.2, 0) is 16.1 Å². The lowest BCUT2D eigenvalue weighted by Gasteiger charge is -2.28. The second kappa shape index (κ2) is 8.75. The minimum Gasteiger partial charge on any atom is -0.461 e. The number of benzene rings is 1. The third kappa shape index (κ3) is 5.33. The molecule has 0 heterocycles. The Hall–Kier alpha value is -1.35. The summed E-state index contributed by atoms with van der Waals surface area (Å²) >= 11 is 0. The monoisotopic (exact) mass is 277 g/mol. The predicted molar refractivity (Wildman–Crippen MR) is 82.4 cm³/mol. The molecule has 0 aromatic heterocycles. The van der Waals surface area contributed by atoms with E-state index in [1.807, 2.05) is 37.3 Å². The van der Waals surface area contributed by atoms with Crippen molar-refractivity contribution in [1.82, 2.24) is 4.90 Å². The van der Waals surface area contributed by atoms with E-state index >= 15 is 0 Å². The summed E-state index contributed by atoms with van der Waals surface area (Å²) in [6, 6.07) is 10.3. The lowest BCUT2D eigenvalue weighted by Crippen LogP contribution is -2.36. The van der Waals surface area contributed by atoms with E-state index in [-0.39, 0.29) is 11.9 Å². The van der Waals surface area contributed by atoms with E-state index in [0.29, 0.717) is 12.6 Å². The molecule has 1 aromatic rings. The first-order valence-electron chi connectivity index (χ1n) is 7.49. The molecule has 0 aliphatic rings. The Labute approximate surface area is 122 Å². The van der Waals surface area contributed by atoms with Gasteiger partial charge in [0.05, 0.1) is 5.92 Å². The largest absolute Gasteiger partial charge is 0.461 e. The average Bonchev–Trinajstić information content (AvgIpc) is 2.47. The minimum atomic E-state index is -0.119. The maximum Gasteiger partial charge on any atom is 0.310 e. The molecule has 3 heteroatoms. The van der Waals surface area contributed by atoms with Crippen molar-refractivity contribution in [3.05, 3.63) is 35.9 Å². The van der Waals surface area contributed by atoms with Gasteiger partial charge in [0.15, 0.2) is 0 Å². The molecule has 1 atom stereocenters. The predicted octanol–water partition coefficient (Wildman–Crippen LogP) is 3.49. The summed E-state index contributed by atoms with van der Waals surface area (Å²) in [7, 11) is 2.08. The molecule has 0 spiro atoms. The summed E-state index contributed by atoms with van der Waals surface area (Å²) in [6.45, 7) is 7.41. The summed E-state index contributed by atoms with van der Waals surface area (Å²) in [6.07, 6.45) is 2.22. The number of carbonyl (C=O) groups excluding carboxylic acids is 1. The molecule has 0 saturated carbocycles. The highest BCUT2D eigenvalue weighted by molar-refractivity contribution is 5.72. The quantitative estimate of drug-likeness (QED) is 0.681. The van der Waals surface area contributed by atoms with Gasteiger partial charge in [-0.2, -0.15) is 0 Å². The molecule has 0 bridgehead atoms. The summed E-state index contributed by atoms with van der Waals surface area (Å²) in [5.74, 6) is -0.212. The van der Waals surface area contributed by atoms with Crippen LogP contribution in [0.2, 0.25) is 0 Å². The van der Waals surface area contributed by atoms with Gasteiger partial charge in [0.1, 0.15) is 6.61 Å². The molecule has 1 aromatic carbocycles. The summed E-state index contributed by atoms with van der Waals surface area (Å²) in [5, 5.41) is 0. The normalized spacial score (nSPS) is 12.7. The van der Waals surface area contributed by atoms with E-state index in [1.165, 1.54) is 0 Å². The van der Waals surface area contributed by atoms with E-state index in [2.05, 4.69) is 25.8 Å². The highest BCUT2D eigenvalue weighted by Gasteiger charge is 2.19. The fraction of sp³-hybridized carbons (Fsp3) is 0.588. The van der Waals surface area contributed by atoms with E-state index in [1.54, 1.807) is 0 Å². The van der Waals surface area contributed by atoms with Crippen LogP contribution in [-0.4, -0.2) is 30.5 Å². The van der Waals surface area contributed by atoms with Gasteiger partial charge in [-0.1, -0.05) is 51.1 Å². The van der Waals surface area contributed by atoms with Crippen LogP contribution in [0.15, 0.2) is 30.3 Å². The maximum atomic E-state index is 12.0. The van der Waals surface area contributed by atoms with Crippen molar-refractivity contribution < 1.29 is 9.53 Å². The SMILES string of the molecule is CCC(CC)N(C)CC(C)C(=O)OCc1ccccc1. The van der Waals surface area contributed by atoms with Crippen molar-refractivity contribution in [3.63, 3.8) is 0 Å². The molecule has 0 fully saturated rings. The van der Waals surface area contributed by atoms with Crippen molar-refractivity contribution in [2.75, 3.05) is 13.6 Å². The van der Waals surface area contributed by atoms with Crippen molar-refractivity contribution in [2.24, 2.45) is 5.92 Å². The van der Waals surface area contributed by atoms with E-state index in [0.717, 1.165) is 24.9 Å². The van der Waals surface area contributed by atoms with Crippen molar-refractivity contribution >= 4 is 5.97 Å². The zero-order valence-electron chi connectivity index (χ0n) is 13.1. The first-order chi connectivity index (χ1) is 9.58. The molecular formula is C17H27NO2. The zero-order valence-corrected chi connectivity index (χ0v) is 13.1. The zero-order chi connectivity index (χ0) is 15.0. The molecule has 0 saturated heterocycles. The third-order valence-electron chi connectivity index (χ3n) is 3.75. The lowest BCUT2D eigenvalue weighted by atomic mass is 10.1. The lowest BCUT2D eigenvalue weighted by molar-refractivity contribution is -0.150. The number of esters is 1. The molecule has 3 nitrogen and oxygen atoms in total. The Morgan fingerprint density at radius 3 is 2.35 bits per heavy atom. The van der Waals surface area contributed by atoms with Gasteiger partial charge in [0, 0.05) is 12.6 Å². The molecule has 0 aliphatic heterocycles. The summed E-state index contributed by atoms with van der Waals surface area (Å²) in [4.78, 5) is 14.3. The van der Waals surface area contributed by atoms with Crippen LogP contribution in [0.25, 0.3) is 0 Å². The minimum absolute atomic E-state index is 0.0932. The molecule has 112 valence electrons. The Bertz CT molecular complexity index is 387. The number of carbonyl (C=O) groups is 1. The number of rotatable bonds is 8. The topological polar surface area (TPSA) is 29.5 Å². The Morgan fingerprint density at radius 1 is 1.20 bits per heavy atom. The molecule has 1 unspecified atom stereocenters. The van der Waals surface area contributed by atoms with Crippen LogP contribution in [0.3, 0.4) is 0 Å². The van der Waals surface area contributed by atoms with Crippen LogP contribution < -0.4 is 0 Å². The van der Waals surface area contributed by atoms with E-state index in [9.17, 15) is 4.79 Å². The van der Waals surface area contributed by atoms with Gasteiger partial charge in [-0.15, -0.1) is 0 Å². The molecule has 0 aliphatic carbocycles. The van der Waals surface area contributed by atoms with Gasteiger partial charge in [-0.25, -0.2) is 0 Å². The molecule has 20 heavy (non-hydrogen) atoms. The second-order valence-electron chi connectivity index (χ2n) is 5.40. The highest BCUT2D eigenvalue weighted by atomic mass is 16.5.